The molecule has 0 spiro atoms. The van der Waals surface area contributed by atoms with Crippen LogP contribution in [0.25, 0.3) is 0 Å². The molecule has 1 amide bonds. The van der Waals surface area contributed by atoms with Crippen molar-refractivity contribution in [1.29, 1.82) is 0 Å². The van der Waals surface area contributed by atoms with Gasteiger partial charge in [0.2, 0.25) is 0 Å². The van der Waals surface area contributed by atoms with E-state index in [0.717, 1.165) is 24.0 Å². The number of ether oxygens (including phenoxy) is 1. The number of primary amides is 1. The summed E-state index contributed by atoms with van der Waals surface area (Å²) in [6.07, 6.45) is 3.51. The van der Waals surface area contributed by atoms with Crippen LogP contribution < -0.4 is 21.3 Å². The highest BCUT2D eigenvalue weighted by molar-refractivity contribution is 7.16. The van der Waals surface area contributed by atoms with Gasteiger partial charge in [0.15, 0.2) is 5.06 Å². The molecule has 0 fully saturated rings. The third kappa shape index (κ3) is 2.93. The number of thiophene rings is 1. The fraction of sp³-hybridized carbons (Fsp3) is 0.222. The molecule has 5 N–H and O–H groups in total. The predicted octanol–water partition coefficient (Wildman–Crippen LogP) is 2.25. The van der Waals surface area contributed by atoms with Crippen LogP contribution in [0.15, 0.2) is 36.0 Å². The molecule has 1 aliphatic heterocycles. The molecule has 1 aromatic carbocycles. The van der Waals surface area contributed by atoms with Crippen molar-refractivity contribution in [2.45, 2.75) is 25.3 Å². The van der Waals surface area contributed by atoms with Gasteiger partial charge < -0.3 is 21.0 Å². The van der Waals surface area contributed by atoms with Gasteiger partial charge >= 0.3 is 5.97 Å². The molecule has 1 aliphatic carbocycles. The van der Waals surface area contributed by atoms with E-state index in [4.69, 9.17) is 15.6 Å². The zero-order chi connectivity index (χ0) is 18.3. The number of carboxylic acid groups (broad SMARTS) is 1. The second kappa shape index (κ2) is 6.47. The lowest BCUT2D eigenvalue weighted by Crippen LogP contribution is -2.27. The van der Waals surface area contributed by atoms with Crippen molar-refractivity contribution in [3.05, 3.63) is 57.6 Å². The van der Waals surface area contributed by atoms with E-state index in [9.17, 15) is 9.59 Å². The molecule has 26 heavy (non-hydrogen) atoms. The lowest BCUT2D eigenvalue weighted by Gasteiger charge is -2.22. The van der Waals surface area contributed by atoms with Crippen LogP contribution in [0, 0.1) is 0 Å². The standard InChI is InChI=1S/C18H17N3O4S/c19-17(24)16-12-6-3-10-8-20-21-15(10)14(12)18(26-16)25-11-4-1-9(2-5-11)7-13(22)23/h1-2,4-5,8,15,20-21H,3,6-7H2,(H2,19,24)(H,22,23). The summed E-state index contributed by atoms with van der Waals surface area (Å²) in [5.74, 6) is -0.742. The van der Waals surface area contributed by atoms with Crippen molar-refractivity contribution in [2.75, 3.05) is 0 Å². The Morgan fingerprint density at radius 2 is 2.04 bits per heavy atom. The van der Waals surface area contributed by atoms with Gasteiger partial charge in [0, 0.05) is 11.8 Å². The van der Waals surface area contributed by atoms with Gasteiger partial charge in [0.1, 0.15) is 5.75 Å². The van der Waals surface area contributed by atoms with Crippen molar-refractivity contribution < 1.29 is 19.4 Å². The molecule has 4 rings (SSSR count). The van der Waals surface area contributed by atoms with Gasteiger partial charge in [-0.05, 0) is 41.7 Å². The Hall–Kier alpha value is -2.84. The summed E-state index contributed by atoms with van der Waals surface area (Å²) in [6, 6.07) is 6.87. The topological polar surface area (TPSA) is 114 Å². The summed E-state index contributed by atoms with van der Waals surface area (Å²) in [5, 5.41) is 9.49. The highest BCUT2D eigenvalue weighted by Crippen LogP contribution is 2.48. The number of hydrogen-bond acceptors (Lipinski definition) is 6. The summed E-state index contributed by atoms with van der Waals surface area (Å²) in [4.78, 5) is 23.2. The van der Waals surface area contributed by atoms with Crippen molar-refractivity contribution >= 4 is 23.2 Å². The third-order valence-corrected chi connectivity index (χ3v) is 5.68. The molecule has 0 radical (unpaired) electrons. The minimum Gasteiger partial charge on any atom is -0.481 e. The molecule has 7 nitrogen and oxygen atoms in total. The van der Waals surface area contributed by atoms with Crippen LogP contribution >= 0.6 is 11.3 Å². The average Bonchev–Trinajstić information content (AvgIpc) is 3.20. The van der Waals surface area contributed by atoms with Crippen molar-refractivity contribution in [3.63, 3.8) is 0 Å². The first-order valence-electron chi connectivity index (χ1n) is 8.17. The number of carbonyl (C=O) groups is 2. The van der Waals surface area contributed by atoms with Crippen LogP contribution in [-0.2, 0) is 17.6 Å². The fourth-order valence-electron chi connectivity index (χ4n) is 3.36. The van der Waals surface area contributed by atoms with E-state index in [0.29, 0.717) is 21.3 Å². The normalized spacial score (nSPS) is 17.7. The number of aliphatic carboxylic acids is 1. The van der Waals surface area contributed by atoms with Crippen LogP contribution in [-0.4, -0.2) is 17.0 Å². The molecule has 0 bridgehead atoms. The molecule has 1 unspecified atom stereocenters. The smallest absolute Gasteiger partial charge is 0.307 e. The molecule has 2 heterocycles. The van der Waals surface area contributed by atoms with E-state index in [1.54, 1.807) is 24.3 Å². The summed E-state index contributed by atoms with van der Waals surface area (Å²) in [5.41, 5.74) is 15.6. The largest absolute Gasteiger partial charge is 0.481 e. The maximum Gasteiger partial charge on any atom is 0.307 e. The van der Waals surface area contributed by atoms with E-state index in [1.165, 1.54) is 16.9 Å². The molecule has 1 aromatic heterocycles. The van der Waals surface area contributed by atoms with E-state index in [2.05, 4.69) is 10.9 Å². The van der Waals surface area contributed by atoms with Gasteiger partial charge in [0.05, 0.1) is 17.3 Å². The zero-order valence-electron chi connectivity index (χ0n) is 13.7. The van der Waals surface area contributed by atoms with Crippen molar-refractivity contribution in [1.82, 2.24) is 10.9 Å². The lowest BCUT2D eigenvalue weighted by molar-refractivity contribution is -0.136. The van der Waals surface area contributed by atoms with Crippen LogP contribution in [0.2, 0.25) is 0 Å². The zero-order valence-corrected chi connectivity index (χ0v) is 14.6. The Morgan fingerprint density at radius 1 is 1.27 bits per heavy atom. The molecule has 1 atom stereocenters. The fourth-order valence-corrected chi connectivity index (χ4v) is 4.47. The number of amides is 1. The molecule has 134 valence electrons. The van der Waals surface area contributed by atoms with Crippen LogP contribution in [0.3, 0.4) is 0 Å². The summed E-state index contributed by atoms with van der Waals surface area (Å²) in [7, 11) is 0. The number of nitrogens with two attached hydrogens (primary N) is 1. The van der Waals surface area contributed by atoms with Crippen molar-refractivity contribution in [2.24, 2.45) is 5.73 Å². The molecule has 8 heteroatoms. The quantitative estimate of drug-likeness (QED) is 0.641. The summed E-state index contributed by atoms with van der Waals surface area (Å²) >= 11 is 1.26. The number of nitrogens with one attached hydrogen (secondary N) is 2. The average molecular weight is 371 g/mol. The van der Waals surface area contributed by atoms with Crippen LogP contribution in [0.5, 0.6) is 10.8 Å². The first-order valence-corrected chi connectivity index (χ1v) is 8.98. The molecule has 0 saturated heterocycles. The molecule has 2 aromatic rings. The SMILES string of the molecule is NC(=O)c1sc(Oc2ccc(CC(=O)O)cc2)c2c1CCC1=CNNC12. The summed E-state index contributed by atoms with van der Waals surface area (Å²) in [6.45, 7) is 0. The van der Waals surface area contributed by atoms with Gasteiger partial charge in [-0.1, -0.05) is 23.5 Å². The maximum absolute atomic E-state index is 11.8. The second-order valence-electron chi connectivity index (χ2n) is 6.23. The first-order chi connectivity index (χ1) is 12.5. The van der Waals surface area contributed by atoms with Crippen molar-refractivity contribution in [3.8, 4) is 10.8 Å². The second-order valence-corrected chi connectivity index (χ2v) is 7.22. The minimum absolute atomic E-state index is 0.0354. The van der Waals surface area contributed by atoms with Gasteiger partial charge in [-0.15, -0.1) is 0 Å². The molecule has 0 saturated carbocycles. The van der Waals surface area contributed by atoms with E-state index in [1.807, 2.05) is 6.20 Å². The molecular formula is C18H17N3O4S. The van der Waals surface area contributed by atoms with Gasteiger partial charge in [0.25, 0.3) is 5.91 Å². The van der Waals surface area contributed by atoms with Gasteiger partial charge in [-0.25, -0.2) is 5.43 Å². The maximum atomic E-state index is 11.8. The third-order valence-electron chi connectivity index (χ3n) is 4.54. The number of carboxylic acids is 1. The molecular weight excluding hydrogens is 354 g/mol. The number of hydrogen-bond donors (Lipinski definition) is 4. The number of carbonyl (C=O) groups excluding carboxylic acids is 1. The lowest BCUT2D eigenvalue weighted by atomic mass is 9.86. The highest BCUT2D eigenvalue weighted by Gasteiger charge is 2.35. The number of rotatable bonds is 5. The highest BCUT2D eigenvalue weighted by atomic mass is 32.1. The number of hydrazine groups is 1. The Bertz CT molecular complexity index is 917. The van der Waals surface area contributed by atoms with E-state index >= 15 is 0 Å². The van der Waals surface area contributed by atoms with Crippen LogP contribution in [0.1, 0.15) is 38.8 Å². The van der Waals surface area contributed by atoms with Crippen LogP contribution in [0.4, 0.5) is 0 Å². The Kier molecular flexibility index (Phi) is 4.14. The Labute approximate surface area is 153 Å². The van der Waals surface area contributed by atoms with Gasteiger partial charge in [-0.3, -0.25) is 9.59 Å². The Balaban J connectivity index is 1.67. The number of fused-ring (bicyclic) bond motifs is 3. The molecule has 2 aliphatic rings. The van der Waals surface area contributed by atoms with E-state index in [-0.39, 0.29) is 12.5 Å². The monoisotopic (exact) mass is 371 g/mol. The predicted molar refractivity (Wildman–Crippen MR) is 96.1 cm³/mol. The van der Waals surface area contributed by atoms with E-state index < -0.39 is 11.9 Å². The van der Waals surface area contributed by atoms with Gasteiger partial charge in [-0.2, -0.15) is 0 Å². The first kappa shape index (κ1) is 16.6. The summed E-state index contributed by atoms with van der Waals surface area (Å²) < 4.78 is 6.04. The minimum atomic E-state index is -0.879. The Morgan fingerprint density at radius 3 is 2.73 bits per heavy atom. The number of benzene rings is 1.